The molecular weight excluding hydrogens is 342 g/mol. The number of hydrogen-bond donors (Lipinski definition) is 0. The number of aromatic nitrogens is 5. The number of fused-ring (bicyclic) bond motifs is 1. The molecule has 5 rings (SSSR count). The van der Waals surface area contributed by atoms with Gasteiger partial charge in [0, 0.05) is 44.0 Å². The lowest BCUT2D eigenvalue weighted by Gasteiger charge is -2.21. The van der Waals surface area contributed by atoms with E-state index in [0.29, 0.717) is 11.8 Å². The van der Waals surface area contributed by atoms with Crippen molar-refractivity contribution in [2.45, 2.75) is 20.4 Å². The van der Waals surface area contributed by atoms with E-state index in [2.05, 4.69) is 36.1 Å². The molecule has 2 aliphatic rings. The van der Waals surface area contributed by atoms with Gasteiger partial charge in [-0.15, -0.1) is 0 Å². The van der Waals surface area contributed by atoms with Gasteiger partial charge in [-0.3, -0.25) is 4.90 Å². The van der Waals surface area contributed by atoms with Crippen LogP contribution in [-0.4, -0.2) is 56.0 Å². The number of anilines is 1. The number of hydrogen-bond acceptors (Lipinski definition) is 7. The maximum Gasteiger partial charge on any atom is 0.159 e. The Morgan fingerprint density at radius 1 is 1.04 bits per heavy atom. The van der Waals surface area contributed by atoms with E-state index >= 15 is 0 Å². The largest absolute Gasteiger partial charge is 0.360 e. The summed E-state index contributed by atoms with van der Waals surface area (Å²) in [6, 6.07) is 6.06. The van der Waals surface area contributed by atoms with E-state index in [-0.39, 0.29) is 0 Å². The average Bonchev–Trinajstić information content (AvgIpc) is 3.40. The molecule has 2 aliphatic heterocycles. The van der Waals surface area contributed by atoms with Gasteiger partial charge in [0.25, 0.3) is 0 Å². The third-order valence-corrected chi connectivity index (χ3v) is 5.62. The van der Waals surface area contributed by atoms with Gasteiger partial charge in [0.05, 0.1) is 18.4 Å². The molecular formula is C19H23N7O. The lowest BCUT2D eigenvalue weighted by atomic mass is 10.0. The molecule has 3 aromatic rings. The smallest absolute Gasteiger partial charge is 0.159 e. The van der Waals surface area contributed by atoms with E-state index in [4.69, 9.17) is 4.52 Å². The van der Waals surface area contributed by atoms with Crippen LogP contribution in [0.25, 0.3) is 5.82 Å². The highest BCUT2D eigenvalue weighted by atomic mass is 16.5. The molecule has 0 amide bonds. The maximum absolute atomic E-state index is 5.25. The number of aryl methyl sites for hydroxylation is 2. The lowest BCUT2D eigenvalue weighted by molar-refractivity contribution is 0.261. The highest BCUT2D eigenvalue weighted by Gasteiger charge is 2.40. The first-order chi connectivity index (χ1) is 13.2. The van der Waals surface area contributed by atoms with E-state index in [9.17, 15) is 0 Å². The van der Waals surface area contributed by atoms with Crippen LogP contribution in [0.2, 0.25) is 0 Å². The van der Waals surface area contributed by atoms with Crippen molar-refractivity contribution in [3.8, 4) is 5.82 Å². The zero-order valence-electron chi connectivity index (χ0n) is 15.6. The molecule has 0 bridgehead atoms. The highest BCUT2D eigenvalue weighted by Crippen LogP contribution is 2.34. The van der Waals surface area contributed by atoms with Crippen LogP contribution in [0.3, 0.4) is 0 Å². The van der Waals surface area contributed by atoms with Crippen LogP contribution in [0, 0.1) is 25.7 Å². The SMILES string of the molecule is Cc1cc(C)n(-c2cc(N3CC4CN(Cc5ccno5)CC4C3)ncn2)n1. The average molecular weight is 365 g/mol. The van der Waals surface area contributed by atoms with E-state index in [0.717, 1.165) is 61.5 Å². The zero-order chi connectivity index (χ0) is 18.4. The van der Waals surface area contributed by atoms with Gasteiger partial charge in [0.2, 0.25) is 0 Å². The maximum atomic E-state index is 5.25. The van der Waals surface area contributed by atoms with Crippen molar-refractivity contribution in [3.63, 3.8) is 0 Å². The molecule has 0 radical (unpaired) electrons. The van der Waals surface area contributed by atoms with Crippen molar-refractivity contribution in [2.24, 2.45) is 11.8 Å². The van der Waals surface area contributed by atoms with Crippen LogP contribution in [-0.2, 0) is 6.54 Å². The van der Waals surface area contributed by atoms with Gasteiger partial charge in [-0.25, -0.2) is 14.6 Å². The highest BCUT2D eigenvalue weighted by molar-refractivity contribution is 5.45. The normalized spacial score (nSPS) is 22.5. The van der Waals surface area contributed by atoms with Gasteiger partial charge in [-0.2, -0.15) is 5.10 Å². The van der Waals surface area contributed by atoms with E-state index in [1.165, 1.54) is 0 Å². The molecule has 0 spiro atoms. The topological polar surface area (TPSA) is 76.1 Å². The fourth-order valence-electron chi connectivity index (χ4n) is 4.44. The van der Waals surface area contributed by atoms with Crippen molar-refractivity contribution in [1.29, 1.82) is 0 Å². The van der Waals surface area contributed by atoms with Crippen molar-refractivity contribution in [3.05, 3.63) is 47.9 Å². The second-order valence-corrected chi connectivity index (χ2v) is 7.67. The van der Waals surface area contributed by atoms with Crippen LogP contribution < -0.4 is 4.90 Å². The summed E-state index contributed by atoms with van der Waals surface area (Å²) in [6.45, 7) is 9.15. The Bertz CT molecular complexity index is 921. The minimum absolute atomic E-state index is 0.667. The van der Waals surface area contributed by atoms with Crippen molar-refractivity contribution in [2.75, 3.05) is 31.1 Å². The van der Waals surface area contributed by atoms with E-state index < -0.39 is 0 Å². The van der Waals surface area contributed by atoms with Gasteiger partial charge >= 0.3 is 0 Å². The minimum Gasteiger partial charge on any atom is -0.360 e. The number of likely N-dealkylation sites (tertiary alicyclic amines) is 1. The molecule has 2 atom stereocenters. The molecule has 140 valence electrons. The Kier molecular flexibility index (Phi) is 3.93. The van der Waals surface area contributed by atoms with Crippen LogP contribution in [0.5, 0.6) is 0 Å². The third kappa shape index (κ3) is 3.10. The van der Waals surface area contributed by atoms with Gasteiger partial charge in [0.1, 0.15) is 12.1 Å². The van der Waals surface area contributed by atoms with Crippen molar-refractivity contribution < 1.29 is 4.52 Å². The fraction of sp³-hybridized carbons (Fsp3) is 0.474. The monoisotopic (exact) mass is 365 g/mol. The molecule has 0 aliphatic carbocycles. The quantitative estimate of drug-likeness (QED) is 0.698. The molecule has 2 unspecified atom stereocenters. The minimum atomic E-state index is 0.667. The van der Waals surface area contributed by atoms with Gasteiger partial charge in [0.15, 0.2) is 11.6 Å². The van der Waals surface area contributed by atoms with Crippen LogP contribution >= 0.6 is 0 Å². The summed E-state index contributed by atoms with van der Waals surface area (Å²) < 4.78 is 7.13. The summed E-state index contributed by atoms with van der Waals surface area (Å²) >= 11 is 0. The molecule has 5 heterocycles. The van der Waals surface area contributed by atoms with Crippen LogP contribution in [0.4, 0.5) is 5.82 Å². The predicted octanol–water partition coefficient (Wildman–Crippen LogP) is 1.84. The Morgan fingerprint density at radius 3 is 2.48 bits per heavy atom. The molecule has 2 saturated heterocycles. The van der Waals surface area contributed by atoms with Crippen LogP contribution in [0.15, 0.2) is 35.2 Å². The summed E-state index contributed by atoms with van der Waals surface area (Å²) in [5, 5.41) is 8.34. The summed E-state index contributed by atoms with van der Waals surface area (Å²) in [7, 11) is 0. The molecule has 8 heteroatoms. The first kappa shape index (κ1) is 16.4. The Morgan fingerprint density at radius 2 is 1.81 bits per heavy atom. The van der Waals surface area contributed by atoms with Gasteiger partial charge in [-0.1, -0.05) is 5.16 Å². The molecule has 0 N–H and O–H groups in total. The Balaban J connectivity index is 1.28. The lowest BCUT2D eigenvalue weighted by Crippen LogP contribution is -2.29. The molecule has 3 aromatic heterocycles. The van der Waals surface area contributed by atoms with Gasteiger partial charge < -0.3 is 9.42 Å². The molecule has 8 nitrogen and oxygen atoms in total. The van der Waals surface area contributed by atoms with E-state index in [1.807, 2.05) is 30.7 Å². The van der Waals surface area contributed by atoms with Crippen LogP contribution in [0.1, 0.15) is 17.1 Å². The number of rotatable bonds is 4. The molecule has 0 aromatic carbocycles. The van der Waals surface area contributed by atoms with Crippen molar-refractivity contribution >= 4 is 5.82 Å². The Hall–Kier alpha value is -2.74. The molecule has 27 heavy (non-hydrogen) atoms. The second-order valence-electron chi connectivity index (χ2n) is 7.67. The molecule has 2 fully saturated rings. The first-order valence-electron chi connectivity index (χ1n) is 9.38. The first-order valence-corrected chi connectivity index (χ1v) is 9.38. The summed E-state index contributed by atoms with van der Waals surface area (Å²) in [6.07, 6.45) is 3.36. The van der Waals surface area contributed by atoms with E-state index in [1.54, 1.807) is 12.5 Å². The predicted molar refractivity (Wildman–Crippen MR) is 99.6 cm³/mol. The zero-order valence-corrected chi connectivity index (χ0v) is 15.6. The van der Waals surface area contributed by atoms with Crippen molar-refractivity contribution in [1.82, 2.24) is 29.8 Å². The fourth-order valence-corrected chi connectivity index (χ4v) is 4.44. The standard InChI is InChI=1S/C19H23N7O/c1-13-5-14(2)26(23-13)19-6-18(20-12-21-19)25-9-15-7-24(8-16(15)10-25)11-17-3-4-22-27-17/h3-6,12,15-16H,7-11H2,1-2H3. The summed E-state index contributed by atoms with van der Waals surface area (Å²) in [5.41, 5.74) is 2.08. The molecule has 0 saturated carbocycles. The Labute approximate surface area is 157 Å². The number of nitrogens with zero attached hydrogens (tertiary/aromatic N) is 7. The summed E-state index contributed by atoms with van der Waals surface area (Å²) in [5.74, 6) is 4.09. The summed E-state index contributed by atoms with van der Waals surface area (Å²) in [4.78, 5) is 13.8. The second kappa shape index (κ2) is 6.45. The van der Waals surface area contributed by atoms with Gasteiger partial charge in [-0.05, 0) is 31.7 Å². The third-order valence-electron chi connectivity index (χ3n) is 5.62.